The number of hydrogen-bond acceptors (Lipinski definition) is 5. The van der Waals surface area contributed by atoms with Crippen LogP contribution in [0.15, 0.2) is 24.3 Å². The largest absolute Gasteiger partial charge is 0.378 e. The average molecular weight is 307 g/mol. The molecule has 1 unspecified atom stereocenters. The van der Waals surface area contributed by atoms with Crippen molar-refractivity contribution in [2.45, 2.75) is 19.9 Å². The maximum atomic E-state index is 12.7. The number of carbonyl (C=O) groups is 1. The van der Waals surface area contributed by atoms with Gasteiger partial charge >= 0.3 is 0 Å². The highest BCUT2D eigenvalue weighted by Crippen LogP contribution is 2.25. The molecule has 0 aliphatic carbocycles. The topological polar surface area (TPSA) is 84.7 Å². The summed E-state index contributed by atoms with van der Waals surface area (Å²) in [6.07, 6.45) is 0. The van der Waals surface area contributed by atoms with Gasteiger partial charge in [0.1, 0.15) is 11.7 Å². The molecule has 1 aliphatic rings. The van der Waals surface area contributed by atoms with Crippen LogP contribution < -0.4 is 5.32 Å². The molecule has 1 aromatic rings. The molecule has 1 saturated heterocycles. The summed E-state index contributed by atoms with van der Waals surface area (Å²) in [7, 11) is 0. The number of amides is 1. The van der Waals surface area contributed by atoms with Gasteiger partial charge in [0.25, 0.3) is 5.69 Å². The molecule has 0 aromatic heterocycles. The summed E-state index contributed by atoms with van der Waals surface area (Å²) in [4.78, 5) is 25.1. The lowest BCUT2D eigenvalue weighted by Gasteiger charge is -2.32. The third kappa shape index (κ3) is 3.73. The lowest BCUT2D eigenvalue weighted by molar-refractivity contribution is -0.384. The first-order chi connectivity index (χ1) is 10.5. The van der Waals surface area contributed by atoms with E-state index in [1.807, 2.05) is 13.8 Å². The van der Waals surface area contributed by atoms with E-state index in [-0.39, 0.29) is 17.5 Å². The number of para-hydroxylation sites is 2. The fraction of sp³-hybridized carbons (Fsp3) is 0.533. The number of benzene rings is 1. The van der Waals surface area contributed by atoms with E-state index in [0.29, 0.717) is 32.0 Å². The molecule has 0 saturated carbocycles. The van der Waals surface area contributed by atoms with E-state index in [1.54, 1.807) is 23.1 Å². The lowest BCUT2D eigenvalue weighted by Crippen LogP contribution is -2.49. The van der Waals surface area contributed by atoms with Crippen LogP contribution in [0.1, 0.15) is 13.8 Å². The van der Waals surface area contributed by atoms with Crippen molar-refractivity contribution in [2.24, 2.45) is 5.92 Å². The molecule has 1 atom stereocenters. The van der Waals surface area contributed by atoms with Gasteiger partial charge in [-0.25, -0.2) is 0 Å². The van der Waals surface area contributed by atoms with Crippen LogP contribution in [0.25, 0.3) is 0 Å². The summed E-state index contributed by atoms with van der Waals surface area (Å²) in [5.41, 5.74) is 0.343. The highest BCUT2D eigenvalue weighted by atomic mass is 16.6. The summed E-state index contributed by atoms with van der Waals surface area (Å²) >= 11 is 0. The number of morpholine rings is 1. The van der Waals surface area contributed by atoms with Crippen molar-refractivity contribution in [3.05, 3.63) is 34.4 Å². The molecule has 1 aromatic carbocycles. The Morgan fingerprint density at radius 1 is 1.32 bits per heavy atom. The maximum Gasteiger partial charge on any atom is 0.292 e. The number of carbonyl (C=O) groups excluding carboxylic acids is 1. The van der Waals surface area contributed by atoms with Gasteiger partial charge in [-0.15, -0.1) is 0 Å². The van der Waals surface area contributed by atoms with Crippen LogP contribution in [0.3, 0.4) is 0 Å². The van der Waals surface area contributed by atoms with Crippen LogP contribution in [-0.2, 0) is 9.53 Å². The van der Waals surface area contributed by atoms with Crippen molar-refractivity contribution in [1.82, 2.24) is 4.90 Å². The van der Waals surface area contributed by atoms with E-state index >= 15 is 0 Å². The minimum atomic E-state index is -0.501. The maximum absolute atomic E-state index is 12.7. The van der Waals surface area contributed by atoms with Gasteiger partial charge in [-0.1, -0.05) is 26.0 Å². The van der Waals surface area contributed by atoms with Crippen LogP contribution in [0.4, 0.5) is 11.4 Å². The van der Waals surface area contributed by atoms with Gasteiger partial charge in [-0.3, -0.25) is 14.9 Å². The first kappa shape index (κ1) is 16.2. The Hall–Kier alpha value is -2.15. The van der Waals surface area contributed by atoms with Gasteiger partial charge in [0.15, 0.2) is 0 Å². The summed E-state index contributed by atoms with van der Waals surface area (Å²) in [6, 6.07) is 5.88. The number of ether oxygens (including phenoxy) is 1. The minimum absolute atomic E-state index is 0.00940. The van der Waals surface area contributed by atoms with Crippen molar-refractivity contribution < 1.29 is 14.5 Å². The molecule has 1 heterocycles. The molecule has 0 bridgehead atoms. The fourth-order valence-corrected chi connectivity index (χ4v) is 2.42. The van der Waals surface area contributed by atoms with Gasteiger partial charge in [0, 0.05) is 19.2 Å². The number of hydrogen-bond donors (Lipinski definition) is 1. The Labute approximate surface area is 129 Å². The molecule has 1 amide bonds. The number of nitro groups is 1. The molecule has 1 aliphatic heterocycles. The Kier molecular flexibility index (Phi) is 5.32. The SMILES string of the molecule is CC(C)C(Nc1ccccc1[N+](=O)[O-])C(=O)N1CCOCC1. The van der Waals surface area contributed by atoms with E-state index in [2.05, 4.69) is 5.32 Å². The predicted molar refractivity (Wildman–Crippen MR) is 82.7 cm³/mol. The summed E-state index contributed by atoms with van der Waals surface area (Å²) in [6.45, 7) is 6.01. The summed E-state index contributed by atoms with van der Waals surface area (Å²) in [5, 5.41) is 14.2. The van der Waals surface area contributed by atoms with Crippen molar-refractivity contribution >= 4 is 17.3 Å². The molecular formula is C15H21N3O4. The number of nitrogens with zero attached hydrogens (tertiary/aromatic N) is 2. The van der Waals surface area contributed by atoms with Crippen LogP contribution in [0.2, 0.25) is 0 Å². The molecule has 7 nitrogen and oxygen atoms in total. The van der Waals surface area contributed by atoms with Crippen LogP contribution in [-0.4, -0.2) is 48.1 Å². The third-order valence-corrected chi connectivity index (χ3v) is 3.67. The summed E-state index contributed by atoms with van der Waals surface area (Å²) in [5.74, 6) is -0.0355. The van der Waals surface area contributed by atoms with E-state index in [4.69, 9.17) is 4.74 Å². The van der Waals surface area contributed by atoms with E-state index in [1.165, 1.54) is 6.07 Å². The van der Waals surface area contributed by atoms with Crippen molar-refractivity contribution in [2.75, 3.05) is 31.6 Å². The summed E-state index contributed by atoms with van der Waals surface area (Å²) < 4.78 is 5.26. The van der Waals surface area contributed by atoms with E-state index in [0.717, 1.165) is 0 Å². The lowest BCUT2D eigenvalue weighted by atomic mass is 10.0. The zero-order chi connectivity index (χ0) is 16.1. The standard InChI is InChI=1S/C15H21N3O4/c1-11(2)14(15(19)17-7-9-22-10-8-17)16-12-5-3-4-6-13(12)18(20)21/h3-6,11,14,16H,7-10H2,1-2H3. The number of nitro benzene ring substituents is 1. The molecule has 1 N–H and O–H groups in total. The van der Waals surface area contributed by atoms with Gasteiger partial charge in [-0.05, 0) is 12.0 Å². The molecule has 120 valence electrons. The molecule has 22 heavy (non-hydrogen) atoms. The van der Waals surface area contributed by atoms with Crippen LogP contribution >= 0.6 is 0 Å². The van der Waals surface area contributed by atoms with Crippen LogP contribution in [0, 0.1) is 16.0 Å². The molecule has 0 radical (unpaired) electrons. The normalized spacial score (nSPS) is 16.4. The van der Waals surface area contributed by atoms with Crippen molar-refractivity contribution in [3.63, 3.8) is 0 Å². The monoisotopic (exact) mass is 307 g/mol. The predicted octanol–water partition coefficient (Wildman–Crippen LogP) is 1.89. The number of rotatable bonds is 5. The number of anilines is 1. The second-order valence-electron chi connectivity index (χ2n) is 5.58. The minimum Gasteiger partial charge on any atom is -0.378 e. The molecule has 1 fully saturated rings. The van der Waals surface area contributed by atoms with Gasteiger partial charge < -0.3 is 15.0 Å². The first-order valence-corrected chi connectivity index (χ1v) is 7.37. The Bertz CT molecular complexity index is 541. The third-order valence-electron chi connectivity index (χ3n) is 3.67. The Morgan fingerprint density at radius 2 is 1.95 bits per heavy atom. The molecule has 2 rings (SSSR count). The first-order valence-electron chi connectivity index (χ1n) is 7.37. The zero-order valence-corrected chi connectivity index (χ0v) is 12.8. The van der Waals surface area contributed by atoms with Crippen LogP contribution in [0.5, 0.6) is 0 Å². The van der Waals surface area contributed by atoms with E-state index in [9.17, 15) is 14.9 Å². The highest BCUT2D eigenvalue weighted by molar-refractivity contribution is 5.86. The molecular weight excluding hydrogens is 286 g/mol. The quantitative estimate of drug-likeness (QED) is 0.663. The van der Waals surface area contributed by atoms with Crippen molar-refractivity contribution in [3.8, 4) is 0 Å². The second-order valence-corrected chi connectivity index (χ2v) is 5.58. The van der Waals surface area contributed by atoms with Crippen molar-refractivity contribution in [1.29, 1.82) is 0 Å². The van der Waals surface area contributed by atoms with Gasteiger partial charge in [-0.2, -0.15) is 0 Å². The molecule has 7 heteroatoms. The number of nitrogens with one attached hydrogen (secondary N) is 1. The fourth-order valence-electron chi connectivity index (χ4n) is 2.42. The smallest absolute Gasteiger partial charge is 0.292 e. The van der Waals surface area contributed by atoms with Gasteiger partial charge in [0.05, 0.1) is 18.1 Å². The zero-order valence-electron chi connectivity index (χ0n) is 12.8. The highest BCUT2D eigenvalue weighted by Gasteiger charge is 2.29. The Morgan fingerprint density at radius 3 is 2.55 bits per heavy atom. The average Bonchev–Trinajstić information content (AvgIpc) is 2.52. The Balaban J connectivity index is 2.18. The van der Waals surface area contributed by atoms with E-state index < -0.39 is 11.0 Å². The molecule has 0 spiro atoms. The second kappa shape index (κ2) is 7.22. The van der Waals surface area contributed by atoms with Gasteiger partial charge in [0.2, 0.25) is 5.91 Å².